The van der Waals surface area contributed by atoms with Crippen LogP contribution in [0.1, 0.15) is 47.2 Å². The molecule has 282 valence electrons. The summed E-state index contributed by atoms with van der Waals surface area (Å²) in [5, 5.41) is 10.4. The van der Waals surface area contributed by atoms with E-state index in [1.54, 1.807) is 0 Å². The summed E-state index contributed by atoms with van der Waals surface area (Å²) < 4.78 is 0. The summed E-state index contributed by atoms with van der Waals surface area (Å²) in [4.78, 5) is 0. The molecule has 0 atom stereocenters. The fourth-order valence-corrected chi connectivity index (χ4v) is 10.4. The summed E-state index contributed by atoms with van der Waals surface area (Å²) in [6.45, 7) is 13.8. The average molecular weight is 755 g/mol. The topological polar surface area (TPSA) is 0 Å². The van der Waals surface area contributed by atoms with E-state index in [9.17, 15) is 0 Å². The molecule has 1 aliphatic rings. The van der Waals surface area contributed by atoms with E-state index in [-0.39, 0.29) is 5.41 Å². The molecule has 0 saturated heterocycles. The predicted octanol–water partition coefficient (Wildman–Crippen LogP) is 16.5. The Morgan fingerprint density at radius 1 is 0.271 bits per heavy atom. The van der Waals surface area contributed by atoms with Gasteiger partial charge in [-0.25, -0.2) is 0 Å². The Morgan fingerprint density at radius 3 is 0.881 bits per heavy atom. The molecule has 1 aliphatic carbocycles. The van der Waals surface area contributed by atoms with Crippen molar-refractivity contribution >= 4 is 43.1 Å². The van der Waals surface area contributed by atoms with Crippen LogP contribution in [0.15, 0.2) is 170 Å². The first-order valence-corrected chi connectivity index (χ1v) is 21.0. The van der Waals surface area contributed by atoms with Crippen molar-refractivity contribution in [2.45, 2.75) is 47.0 Å². The SMILES string of the molecule is Cc1cc2c(-c3ccccc3)c3ccccc3c(-c3ccc4c(c3)C(C)(C)c3cc(-c5c6ccccc6c(-c6ccccc6)c6cc(C)c(C)cc56)ccc3-4)c2cc1C. The summed E-state index contributed by atoms with van der Waals surface area (Å²) in [6.07, 6.45) is 0. The molecule has 0 aromatic heterocycles. The zero-order valence-corrected chi connectivity index (χ0v) is 34.7. The van der Waals surface area contributed by atoms with Gasteiger partial charge in [-0.05, 0) is 172 Å². The Kier molecular flexibility index (Phi) is 7.88. The number of aryl methyl sites for hydroxylation is 4. The van der Waals surface area contributed by atoms with Gasteiger partial charge in [0.25, 0.3) is 0 Å². The molecule has 0 N–H and O–H groups in total. The number of rotatable bonds is 4. The van der Waals surface area contributed by atoms with Crippen LogP contribution in [-0.2, 0) is 5.41 Å². The lowest BCUT2D eigenvalue weighted by molar-refractivity contribution is 0.661. The second-order valence-corrected chi connectivity index (χ2v) is 17.4. The van der Waals surface area contributed by atoms with Gasteiger partial charge in [-0.15, -0.1) is 0 Å². The van der Waals surface area contributed by atoms with Gasteiger partial charge in [0, 0.05) is 5.41 Å². The number of hydrogen-bond acceptors (Lipinski definition) is 0. The largest absolute Gasteiger partial charge is 0.0622 e. The molecule has 0 saturated carbocycles. The normalized spacial score (nSPS) is 13.1. The lowest BCUT2D eigenvalue weighted by Crippen LogP contribution is -2.15. The van der Waals surface area contributed by atoms with E-state index in [0.29, 0.717) is 0 Å². The van der Waals surface area contributed by atoms with Crippen LogP contribution in [0.5, 0.6) is 0 Å². The molecule has 0 radical (unpaired) electrons. The van der Waals surface area contributed by atoms with Gasteiger partial charge in [0.1, 0.15) is 0 Å². The summed E-state index contributed by atoms with van der Waals surface area (Å²) in [5.41, 5.74) is 20.8. The van der Waals surface area contributed by atoms with Crippen LogP contribution >= 0.6 is 0 Å². The molecular formula is C59H46. The first-order valence-electron chi connectivity index (χ1n) is 21.0. The van der Waals surface area contributed by atoms with Crippen LogP contribution in [0.3, 0.4) is 0 Å². The van der Waals surface area contributed by atoms with Gasteiger partial charge in [-0.1, -0.05) is 172 Å². The first-order chi connectivity index (χ1) is 28.7. The summed E-state index contributed by atoms with van der Waals surface area (Å²) in [5.74, 6) is 0. The fourth-order valence-electron chi connectivity index (χ4n) is 10.4. The van der Waals surface area contributed by atoms with Crippen LogP contribution in [0, 0.1) is 27.7 Å². The minimum absolute atomic E-state index is 0.207. The molecule has 0 fully saturated rings. The molecule has 0 nitrogen and oxygen atoms in total. The molecule has 0 spiro atoms. The van der Waals surface area contributed by atoms with E-state index < -0.39 is 0 Å². The standard InChI is InChI=1S/C59H46/c1-35-29-49-51(31-37(35)3)57(47-23-15-13-21-45(47)55(49)39-17-9-7-10-18-39)41-25-27-43-44-28-26-42(34-54(44)59(5,6)53(43)33-41)58-48-24-16-14-22-46(48)56(40-19-11-8-12-20-40)50-30-36(2)38(4)32-52(50)58/h7-34H,1-6H3. The third-order valence-electron chi connectivity index (χ3n) is 13.7. The van der Waals surface area contributed by atoms with Crippen molar-refractivity contribution in [2.75, 3.05) is 0 Å². The van der Waals surface area contributed by atoms with Gasteiger partial charge >= 0.3 is 0 Å². The van der Waals surface area contributed by atoms with Crippen molar-refractivity contribution < 1.29 is 0 Å². The second-order valence-electron chi connectivity index (χ2n) is 17.4. The highest BCUT2D eigenvalue weighted by atomic mass is 14.4. The average Bonchev–Trinajstić information content (AvgIpc) is 3.48. The van der Waals surface area contributed by atoms with Crippen molar-refractivity contribution in [3.8, 4) is 55.6 Å². The molecule has 0 aliphatic heterocycles. The smallest absolute Gasteiger partial charge is 0.0159 e. The summed E-state index contributed by atoms with van der Waals surface area (Å²) >= 11 is 0. The van der Waals surface area contributed by atoms with Gasteiger partial charge in [-0.3, -0.25) is 0 Å². The Balaban J connectivity index is 1.12. The molecule has 59 heavy (non-hydrogen) atoms. The zero-order valence-electron chi connectivity index (χ0n) is 34.7. The summed E-state index contributed by atoms with van der Waals surface area (Å²) in [6, 6.07) is 64.2. The second kappa shape index (κ2) is 13.1. The van der Waals surface area contributed by atoms with Crippen molar-refractivity contribution in [1.29, 1.82) is 0 Å². The minimum Gasteiger partial charge on any atom is -0.0622 e. The van der Waals surface area contributed by atoms with Crippen LogP contribution in [-0.4, -0.2) is 0 Å². The molecule has 0 bridgehead atoms. The molecule has 0 unspecified atom stereocenters. The minimum atomic E-state index is -0.207. The highest BCUT2D eigenvalue weighted by molar-refractivity contribution is 6.23. The Labute approximate surface area is 347 Å². The number of benzene rings is 10. The van der Waals surface area contributed by atoms with Crippen LogP contribution < -0.4 is 0 Å². The molecule has 0 heteroatoms. The van der Waals surface area contributed by atoms with E-state index in [1.165, 1.54) is 132 Å². The summed E-state index contributed by atoms with van der Waals surface area (Å²) in [7, 11) is 0. The highest BCUT2D eigenvalue weighted by Crippen LogP contribution is 2.53. The zero-order chi connectivity index (χ0) is 40.2. The van der Waals surface area contributed by atoms with E-state index in [0.717, 1.165) is 0 Å². The first kappa shape index (κ1) is 35.4. The molecule has 11 rings (SSSR count). The van der Waals surface area contributed by atoms with E-state index in [2.05, 4.69) is 211 Å². The van der Waals surface area contributed by atoms with E-state index in [4.69, 9.17) is 0 Å². The maximum absolute atomic E-state index is 2.51. The predicted molar refractivity (Wildman–Crippen MR) is 255 cm³/mol. The van der Waals surface area contributed by atoms with Gasteiger partial charge < -0.3 is 0 Å². The molecule has 10 aromatic rings. The maximum Gasteiger partial charge on any atom is 0.0159 e. The molecule has 0 amide bonds. The molecular weight excluding hydrogens is 709 g/mol. The molecule has 0 heterocycles. The third-order valence-corrected chi connectivity index (χ3v) is 13.7. The maximum atomic E-state index is 2.51. The van der Waals surface area contributed by atoms with Gasteiger partial charge in [0.05, 0.1) is 0 Å². The van der Waals surface area contributed by atoms with Crippen molar-refractivity contribution in [3.63, 3.8) is 0 Å². The van der Waals surface area contributed by atoms with Crippen LogP contribution in [0.2, 0.25) is 0 Å². The van der Waals surface area contributed by atoms with Gasteiger partial charge in [-0.2, -0.15) is 0 Å². The Bertz CT molecular complexity index is 3140. The molecule has 10 aromatic carbocycles. The van der Waals surface area contributed by atoms with Crippen molar-refractivity contribution in [2.24, 2.45) is 0 Å². The monoisotopic (exact) mass is 754 g/mol. The van der Waals surface area contributed by atoms with Crippen molar-refractivity contribution in [3.05, 3.63) is 203 Å². The van der Waals surface area contributed by atoms with Crippen molar-refractivity contribution in [1.82, 2.24) is 0 Å². The number of hydrogen-bond donors (Lipinski definition) is 0. The fraction of sp³-hybridized carbons (Fsp3) is 0.119. The van der Waals surface area contributed by atoms with Gasteiger partial charge in [0.15, 0.2) is 0 Å². The van der Waals surface area contributed by atoms with E-state index in [1.807, 2.05) is 0 Å². The van der Waals surface area contributed by atoms with Gasteiger partial charge in [0.2, 0.25) is 0 Å². The van der Waals surface area contributed by atoms with Crippen LogP contribution in [0.25, 0.3) is 98.7 Å². The lowest BCUT2D eigenvalue weighted by atomic mass is 9.79. The third kappa shape index (κ3) is 5.29. The highest BCUT2D eigenvalue weighted by Gasteiger charge is 2.36. The Morgan fingerprint density at radius 2 is 0.559 bits per heavy atom. The lowest BCUT2D eigenvalue weighted by Gasteiger charge is -2.24. The Hall–Kier alpha value is -6.76. The quantitative estimate of drug-likeness (QED) is 0.157. The van der Waals surface area contributed by atoms with Crippen LogP contribution in [0.4, 0.5) is 0 Å². The van der Waals surface area contributed by atoms with E-state index >= 15 is 0 Å². The number of fused-ring (bicyclic) bond motifs is 7.